The molecule has 1 aliphatic heterocycles. The van der Waals surface area contributed by atoms with Gasteiger partial charge in [-0.25, -0.2) is 9.78 Å². The van der Waals surface area contributed by atoms with Crippen LogP contribution < -0.4 is 15.4 Å². The molecule has 10 heteroatoms. The molecule has 0 unspecified atom stereocenters. The second-order valence-corrected chi connectivity index (χ2v) is 8.02. The van der Waals surface area contributed by atoms with Gasteiger partial charge in [-0.1, -0.05) is 24.3 Å². The second-order valence-electron chi connectivity index (χ2n) is 8.02. The molecule has 1 aromatic heterocycles. The van der Waals surface area contributed by atoms with Gasteiger partial charge in [-0.3, -0.25) is 19.8 Å². The lowest BCUT2D eigenvalue weighted by molar-refractivity contribution is -0.385. The summed E-state index contributed by atoms with van der Waals surface area (Å²) in [4.78, 5) is 43.4. The fourth-order valence-corrected chi connectivity index (χ4v) is 4.15. The summed E-state index contributed by atoms with van der Waals surface area (Å²) in [6.07, 6.45) is 1.41. The summed E-state index contributed by atoms with van der Waals surface area (Å²) in [5.74, 6) is -0.232. The molecular weight excluding hydrogens is 464 g/mol. The third-order valence-corrected chi connectivity index (χ3v) is 5.79. The number of fused-ring (bicyclic) bond motifs is 1. The minimum atomic E-state index is -0.661. The normalized spacial score (nSPS) is 13.6. The van der Waals surface area contributed by atoms with Crippen molar-refractivity contribution in [2.45, 2.75) is 20.4 Å². The molecule has 184 valence electrons. The van der Waals surface area contributed by atoms with Crippen molar-refractivity contribution in [3.8, 4) is 5.75 Å². The van der Waals surface area contributed by atoms with Crippen molar-refractivity contribution < 1.29 is 24.0 Å². The van der Waals surface area contributed by atoms with Gasteiger partial charge in [0.1, 0.15) is 17.1 Å². The van der Waals surface area contributed by atoms with E-state index < -0.39 is 16.8 Å². The summed E-state index contributed by atoms with van der Waals surface area (Å²) in [6.45, 7) is 3.56. The van der Waals surface area contributed by atoms with Gasteiger partial charge in [0.25, 0.3) is 11.6 Å². The summed E-state index contributed by atoms with van der Waals surface area (Å²) in [5, 5.41) is 11.6. The molecule has 0 saturated heterocycles. The number of carbonyl (C=O) groups excluding carboxylic acids is 2. The molecule has 0 fully saturated rings. The Morgan fingerprint density at radius 3 is 2.67 bits per heavy atom. The lowest BCUT2D eigenvalue weighted by Gasteiger charge is -2.18. The Hall–Kier alpha value is -4.73. The van der Waals surface area contributed by atoms with Gasteiger partial charge in [-0.15, -0.1) is 0 Å². The largest absolute Gasteiger partial charge is 0.497 e. The number of amides is 1. The first kappa shape index (κ1) is 24.4. The number of nitro groups is 1. The molecular formula is C26H24N4O6. The van der Waals surface area contributed by atoms with E-state index in [0.717, 1.165) is 5.56 Å². The first-order valence-corrected chi connectivity index (χ1v) is 11.1. The van der Waals surface area contributed by atoms with Crippen LogP contribution in [0.5, 0.6) is 5.75 Å². The predicted molar refractivity (Wildman–Crippen MR) is 134 cm³/mol. The van der Waals surface area contributed by atoms with Gasteiger partial charge in [0, 0.05) is 6.07 Å². The van der Waals surface area contributed by atoms with E-state index in [1.807, 2.05) is 6.07 Å². The second kappa shape index (κ2) is 9.87. The van der Waals surface area contributed by atoms with E-state index in [9.17, 15) is 19.7 Å². The number of carbonyl (C=O) groups is 2. The summed E-state index contributed by atoms with van der Waals surface area (Å²) in [6, 6.07) is 13.3. The molecule has 1 aliphatic rings. The zero-order chi connectivity index (χ0) is 26.0. The predicted octanol–water partition coefficient (Wildman–Crippen LogP) is 4.15. The van der Waals surface area contributed by atoms with Crippen LogP contribution in [0.1, 0.15) is 39.7 Å². The molecule has 0 saturated carbocycles. The number of rotatable bonds is 7. The van der Waals surface area contributed by atoms with Crippen molar-refractivity contribution >= 4 is 40.7 Å². The third-order valence-electron chi connectivity index (χ3n) is 5.79. The van der Waals surface area contributed by atoms with Gasteiger partial charge >= 0.3 is 5.97 Å². The molecule has 4 rings (SSSR count). The Balaban J connectivity index is 1.93. The van der Waals surface area contributed by atoms with Crippen LogP contribution >= 0.6 is 0 Å². The van der Waals surface area contributed by atoms with Crippen LogP contribution in [0.4, 0.5) is 17.2 Å². The Labute approximate surface area is 207 Å². The Bertz CT molecular complexity index is 1420. The Morgan fingerprint density at radius 2 is 1.97 bits per heavy atom. The summed E-state index contributed by atoms with van der Waals surface area (Å²) in [7, 11) is 1.55. The first-order chi connectivity index (χ1) is 17.3. The molecule has 0 atom stereocenters. The highest BCUT2D eigenvalue weighted by atomic mass is 16.6. The van der Waals surface area contributed by atoms with E-state index in [1.54, 1.807) is 45.2 Å². The minimum absolute atomic E-state index is 0.0299. The number of ether oxygens (including phenoxy) is 2. The first-order valence-electron chi connectivity index (χ1n) is 11.1. The van der Waals surface area contributed by atoms with Crippen LogP contribution in [0.3, 0.4) is 0 Å². The number of benzene rings is 2. The average Bonchev–Trinajstić information content (AvgIpc) is 3.10. The zero-order valence-corrected chi connectivity index (χ0v) is 20.0. The van der Waals surface area contributed by atoms with Crippen LogP contribution in [0, 0.1) is 17.0 Å². The third kappa shape index (κ3) is 4.36. The standard InChI is InChI=1S/C26H24N4O6/c1-4-36-26(32)21-15(2)28-24-22(23(21)27)19(13-17-9-5-6-11-20(17)30(33)34)25(31)29(24)14-16-8-7-10-18(12-16)35-3/h5-13H,4,14H2,1-3H3,(H2,27,28)/b19-13-. The van der Waals surface area contributed by atoms with Crippen LogP contribution in [0.2, 0.25) is 0 Å². The molecule has 2 heterocycles. The van der Waals surface area contributed by atoms with Gasteiger partial charge in [0.05, 0.1) is 53.3 Å². The highest BCUT2D eigenvalue weighted by molar-refractivity contribution is 6.37. The maximum atomic E-state index is 13.7. The van der Waals surface area contributed by atoms with E-state index in [4.69, 9.17) is 15.2 Å². The van der Waals surface area contributed by atoms with Crippen LogP contribution in [-0.2, 0) is 16.1 Å². The molecule has 0 bridgehead atoms. The van der Waals surface area contributed by atoms with Crippen LogP contribution in [0.25, 0.3) is 11.6 Å². The minimum Gasteiger partial charge on any atom is -0.497 e. The zero-order valence-electron chi connectivity index (χ0n) is 20.0. The van der Waals surface area contributed by atoms with E-state index in [0.29, 0.717) is 11.4 Å². The monoisotopic (exact) mass is 488 g/mol. The van der Waals surface area contributed by atoms with Crippen molar-refractivity contribution in [3.63, 3.8) is 0 Å². The van der Waals surface area contributed by atoms with Crippen LogP contribution in [0.15, 0.2) is 48.5 Å². The lowest BCUT2D eigenvalue weighted by Crippen LogP contribution is -2.26. The van der Waals surface area contributed by atoms with E-state index in [-0.39, 0.29) is 52.6 Å². The van der Waals surface area contributed by atoms with Gasteiger partial charge in [0.15, 0.2) is 0 Å². The maximum absolute atomic E-state index is 13.7. The summed E-state index contributed by atoms with van der Waals surface area (Å²) < 4.78 is 10.4. The van der Waals surface area contributed by atoms with Gasteiger partial charge in [-0.05, 0) is 43.7 Å². The van der Waals surface area contributed by atoms with E-state index >= 15 is 0 Å². The number of esters is 1. The van der Waals surface area contributed by atoms with Crippen LogP contribution in [-0.4, -0.2) is 35.5 Å². The number of para-hydroxylation sites is 1. The molecule has 0 spiro atoms. The number of aromatic nitrogens is 1. The maximum Gasteiger partial charge on any atom is 0.342 e. The number of nitrogen functional groups attached to an aromatic ring is 1. The Morgan fingerprint density at radius 1 is 1.22 bits per heavy atom. The quantitative estimate of drug-likeness (QED) is 0.226. The molecule has 2 N–H and O–H groups in total. The molecule has 10 nitrogen and oxygen atoms in total. The summed E-state index contributed by atoms with van der Waals surface area (Å²) >= 11 is 0. The number of aryl methyl sites for hydroxylation is 1. The molecule has 3 aromatic rings. The van der Waals surface area contributed by atoms with Crippen molar-refractivity contribution in [1.29, 1.82) is 0 Å². The number of hydrogen-bond acceptors (Lipinski definition) is 8. The number of nitrogens with two attached hydrogens (primary N) is 1. The number of pyridine rings is 1. The van der Waals surface area contributed by atoms with Gasteiger partial charge in [-0.2, -0.15) is 0 Å². The topological polar surface area (TPSA) is 138 Å². The van der Waals surface area contributed by atoms with Gasteiger partial charge < -0.3 is 15.2 Å². The number of anilines is 2. The SMILES string of the molecule is CCOC(=O)c1c(C)nc2c(c1N)/C(=C/c1ccccc1[N+](=O)[O-])C(=O)N2Cc1cccc(OC)c1. The van der Waals surface area contributed by atoms with E-state index in [2.05, 4.69) is 4.98 Å². The fraction of sp³-hybridized carbons (Fsp3) is 0.192. The molecule has 0 aliphatic carbocycles. The molecule has 1 amide bonds. The number of hydrogen-bond donors (Lipinski definition) is 1. The van der Waals surface area contributed by atoms with Crippen molar-refractivity contribution in [1.82, 2.24) is 4.98 Å². The van der Waals surface area contributed by atoms with Gasteiger partial charge in [0.2, 0.25) is 0 Å². The highest BCUT2D eigenvalue weighted by Crippen LogP contribution is 2.43. The smallest absolute Gasteiger partial charge is 0.342 e. The molecule has 36 heavy (non-hydrogen) atoms. The van der Waals surface area contributed by atoms with Crippen molar-refractivity contribution in [2.75, 3.05) is 24.4 Å². The molecule has 0 radical (unpaired) electrons. The molecule has 2 aromatic carbocycles. The fourth-order valence-electron chi connectivity index (χ4n) is 4.15. The number of nitrogens with zero attached hydrogens (tertiary/aromatic N) is 3. The number of methoxy groups -OCH3 is 1. The average molecular weight is 489 g/mol. The highest BCUT2D eigenvalue weighted by Gasteiger charge is 2.38. The Kier molecular flexibility index (Phi) is 6.69. The van der Waals surface area contributed by atoms with E-state index in [1.165, 1.54) is 29.2 Å². The number of nitro benzene ring substituents is 1. The van der Waals surface area contributed by atoms with Crippen molar-refractivity contribution in [2.24, 2.45) is 0 Å². The summed E-state index contributed by atoms with van der Waals surface area (Å²) in [5.41, 5.74) is 8.00. The van der Waals surface area contributed by atoms with Crippen molar-refractivity contribution in [3.05, 3.63) is 86.6 Å². The lowest BCUT2D eigenvalue weighted by atomic mass is 9.99.